The Bertz CT molecular complexity index is 1370. The third kappa shape index (κ3) is 5.24. The Hall–Kier alpha value is -4.81. The Morgan fingerprint density at radius 1 is 1.23 bits per heavy atom. The van der Waals surface area contributed by atoms with Gasteiger partial charge in [0.25, 0.3) is 5.91 Å². The lowest BCUT2D eigenvalue weighted by Gasteiger charge is -2.13. The maximum Gasteiger partial charge on any atom is 0.292 e. The van der Waals surface area contributed by atoms with E-state index in [2.05, 4.69) is 35.8 Å². The van der Waals surface area contributed by atoms with Crippen LogP contribution in [0.2, 0.25) is 0 Å². The fourth-order valence-corrected chi connectivity index (χ4v) is 3.09. The second kappa shape index (κ2) is 10.4. The number of ether oxygens (including phenoxy) is 2. The van der Waals surface area contributed by atoms with Crippen molar-refractivity contribution in [3.63, 3.8) is 0 Å². The van der Waals surface area contributed by atoms with E-state index in [1.807, 2.05) is 6.92 Å². The molecule has 4 aromatic rings. The van der Waals surface area contributed by atoms with Gasteiger partial charge in [0.15, 0.2) is 17.2 Å². The summed E-state index contributed by atoms with van der Waals surface area (Å²) in [7, 11) is 0. The zero-order chi connectivity index (χ0) is 24.8. The highest BCUT2D eigenvalue weighted by Crippen LogP contribution is 2.29. The molecule has 35 heavy (non-hydrogen) atoms. The summed E-state index contributed by atoms with van der Waals surface area (Å²) in [6.45, 7) is 3.87. The van der Waals surface area contributed by atoms with Gasteiger partial charge in [-0.1, -0.05) is 23.4 Å². The fourth-order valence-electron chi connectivity index (χ4n) is 3.09. The van der Waals surface area contributed by atoms with E-state index in [0.717, 1.165) is 4.68 Å². The zero-order valence-corrected chi connectivity index (χ0v) is 18.8. The number of aryl methyl sites for hydroxylation is 1. The van der Waals surface area contributed by atoms with Crippen molar-refractivity contribution in [2.24, 2.45) is 5.10 Å². The number of halogens is 1. The molecule has 2 heterocycles. The van der Waals surface area contributed by atoms with Gasteiger partial charge in [-0.15, -0.1) is 5.10 Å². The number of anilines is 1. The maximum absolute atomic E-state index is 13.9. The van der Waals surface area contributed by atoms with Crippen LogP contribution in [0.15, 0.2) is 52.2 Å². The van der Waals surface area contributed by atoms with Crippen LogP contribution in [0.1, 0.15) is 34.2 Å². The fraction of sp³-hybridized carbons (Fsp3) is 0.182. The molecule has 180 valence electrons. The number of nitrogens with two attached hydrogens (primary N) is 1. The largest absolute Gasteiger partial charge is 0.490 e. The van der Waals surface area contributed by atoms with Gasteiger partial charge in [0.2, 0.25) is 11.6 Å². The first kappa shape index (κ1) is 23.4. The normalized spacial score (nSPS) is 11.1. The molecule has 0 aliphatic heterocycles. The first-order valence-electron chi connectivity index (χ1n) is 10.4. The lowest BCUT2D eigenvalue weighted by atomic mass is 10.2. The van der Waals surface area contributed by atoms with Crippen molar-refractivity contribution in [3.05, 3.63) is 70.8 Å². The standard InChI is InChI=1S/C22H21FN8O4/c1-3-33-18-10-14(8-9-17(18)34-12-15-6-4-5-7-16(15)23)11-25-27-22(32)19-13(2)26-30-31(19)21-20(24)28-35-29-21/h4-11H,3,12H2,1-2H3,(H2,24,28)(H,27,32)/b25-11+. The molecular weight excluding hydrogens is 459 g/mol. The van der Waals surface area contributed by atoms with Crippen LogP contribution >= 0.6 is 0 Å². The van der Waals surface area contributed by atoms with E-state index in [0.29, 0.717) is 34.9 Å². The van der Waals surface area contributed by atoms with Crippen molar-refractivity contribution in [2.75, 3.05) is 12.3 Å². The summed E-state index contributed by atoms with van der Waals surface area (Å²) in [6, 6.07) is 11.5. The smallest absolute Gasteiger partial charge is 0.292 e. The van der Waals surface area contributed by atoms with E-state index < -0.39 is 5.91 Å². The molecule has 1 amide bonds. The molecule has 0 saturated heterocycles. The van der Waals surface area contributed by atoms with Gasteiger partial charge in [-0.05, 0) is 54.0 Å². The van der Waals surface area contributed by atoms with E-state index in [1.165, 1.54) is 12.3 Å². The topological polar surface area (TPSA) is 156 Å². The summed E-state index contributed by atoms with van der Waals surface area (Å²) in [5.41, 5.74) is 9.54. The predicted octanol–water partition coefficient (Wildman–Crippen LogP) is 2.42. The molecule has 0 radical (unpaired) electrons. The number of carbonyl (C=O) groups is 1. The molecule has 0 aliphatic rings. The van der Waals surface area contributed by atoms with Gasteiger partial charge in [0, 0.05) is 5.56 Å². The van der Waals surface area contributed by atoms with Crippen LogP contribution in [0.5, 0.6) is 11.5 Å². The van der Waals surface area contributed by atoms with E-state index in [-0.39, 0.29) is 29.8 Å². The van der Waals surface area contributed by atoms with E-state index in [4.69, 9.17) is 15.2 Å². The predicted molar refractivity (Wildman–Crippen MR) is 122 cm³/mol. The molecule has 3 N–H and O–H groups in total. The van der Waals surface area contributed by atoms with E-state index in [9.17, 15) is 9.18 Å². The van der Waals surface area contributed by atoms with Crippen molar-refractivity contribution < 1.29 is 23.3 Å². The molecule has 0 atom stereocenters. The highest BCUT2D eigenvalue weighted by molar-refractivity contribution is 5.94. The third-order valence-electron chi connectivity index (χ3n) is 4.74. The Morgan fingerprint density at radius 2 is 2.06 bits per heavy atom. The number of hydrazone groups is 1. The summed E-state index contributed by atoms with van der Waals surface area (Å²) in [5, 5.41) is 18.8. The summed E-state index contributed by atoms with van der Waals surface area (Å²) in [4.78, 5) is 12.7. The third-order valence-corrected chi connectivity index (χ3v) is 4.74. The zero-order valence-electron chi connectivity index (χ0n) is 18.8. The monoisotopic (exact) mass is 480 g/mol. The molecule has 0 unspecified atom stereocenters. The van der Waals surface area contributed by atoms with E-state index >= 15 is 0 Å². The molecule has 0 aliphatic carbocycles. The Kier molecular flexibility index (Phi) is 6.95. The van der Waals surface area contributed by atoms with Gasteiger partial charge in [-0.2, -0.15) is 9.78 Å². The molecule has 0 fully saturated rings. The van der Waals surface area contributed by atoms with E-state index in [1.54, 1.807) is 43.3 Å². The lowest BCUT2D eigenvalue weighted by molar-refractivity contribution is 0.0946. The first-order chi connectivity index (χ1) is 17.0. The number of aromatic nitrogens is 5. The van der Waals surface area contributed by atoms with Crippen molar-refractivity contribution in [1.82, 2.24) is 30.7 Å². The summed E-state index contributed by atoms with van der Waals surface area (Å²) < 4.78 is 30.9. The maximum atomic E-state index is 13.9. The number of nitrogens with zero attached hydrogens (tertiary/aromatic N) is 6. The number of carbonyl (C=O) groups excluding carboxylic acids is 1. The molecule has 2 aromatic carbocycles. The molecule has 0 bridgehead atoms. The summed E-state index contributed by atoms with van der Waals surface area (Å²) >= 11 is 0. The van der Waals surface area contributed by atoms with Crippen LogP contribution < -0.4 is 20.6 Å². The minimum absolute atomic E-state index is 0.0343. The molecule has 2 aromatic heterocycles. The number of hydrogen-bond donors (Lipinski definition) is 2. The minimum Gasteiger partial charge on any atom is -0.490 e. The Morgan fingerprint density at radius 3 is 2.80 bits per heavy atom. The molecule has 0 spiro atoms. The molecule has 13 heteroatoms. The van der Waals surface area contributed by atoms with Gasteiger partial charge < -0.3 is 15.2 Å². The van der Waals surface area contributed by atoms with Gasteiger partial charge in [-0.3, -0.25) is 4.79 Å². The average Bonchev–Trinajstić information content (AvgIpc) is 3.44. The van der Waals surface area contributed by atoms with Crippen molar-refractivity contribution in [3.8, 4) is 17.3 Å². The summed E-state index contributed by atoms with van der Waals surface area (Å²) in [5.74, 6) is -0.0625. The molecule has 12 nitrogen and oxygen atoms in total. The Balaban J connectivity index is 1.46. The van der Waals surface area contributed by atoms with Crippen LogP contribution in [0.4, 0.5) is 10.2 Å². The molecular formula is C22H21FN8O4. The van der Waals surface area contributed by atoms with Crippen molar-refractivity contribution in [2.45, 2.75) is 20.5 Å². The van der Waals surface area contributed by atoms with Crippen LogP contribution in [-0.2, 0) is 6.61 Å². The number of nitrogens with one attached hydrogen (secondary N) is 1. The lowest BCUT2D eigenvalue weighted by Crippen LogP contribution is -2.22. The highest BCUT2D eigenvalue weighted by atomic mass is 19.1. The molecule has 0 saturated carbocycles. The second-order valence-corrected chi connectivity index (χ2v) is 7.13. The number of benzene rings is 2. The van der Waals surface area contributed by atoms with Crippen LogP contribution in [0.25, 0.3) is 5.82 Å². The second-order valence-electron chi connectivity index (χ2n) is 7.13. The first-order valence-corrected chi connectivity index (χ1v) is 10.4. The van der Waals surface area contributed by atoms with Crippen LogP contribution in [0.3, 0.4) is 0 Å². The average molecular weight is 480 g/mol. The summed E-state index contributed by atoms with van der Waals surface area (Å²) in [6.07, 6.45) is 1.43. The highest BCUT2D eigenvalue weighted by Gasteiger charge is 2.22. The van der Waals surface area contributed by atoms with Crippen molar-refractivity contribution in [1.29, 1.82) is 0 Å². The van der Waals surface area contributed by atoms with Crippen molar-refractivity contribution >= 4 is 17.9 Å². The van der Waals surface area contributed by atoms with Gasteiger partial charge in [-0.25, -0.2) is 14.4 Å². The Labute approximate surface area is 198 Å². The number of rotatable bonds is 9. The van der Waals surface area contributed by atoms with Crippen LogP contribution in [-0.4, -0.2) is 44.0 Å². The number of amides is 1. The van der Waals surface area contributed by atoms with Crippen LogP contribution in [0, 0.1) is 12.7 Å². The SMILES string of the molecule is CCOc1cc(/C=N/NC(=O)c2c(C)nnn2-c2nonc2N)ccc1OCc1ccccc1F. The van der Waals surface area contributed by atoms with Gasteiger partial charge in [0.05, 0.1) is 18.5 Å². The van der Waals surface area contributed by atoms with Gasteiger partial charge >= 0.3 is 0 Å². The quantitative estimate of drug-likeness (QED) is 0.271. The molecule has 4 rings (SSSR count). The minimum atomic E-state index is -0.596. The number of nitrogen functional groups attached to an aromatic ring is 1. The number of hydrogen-bond acceptors (Lipinski definition) is 10. The van der Waals surface area contributed by atoms with Gasteiger partial charge in [0.1, 0.15) is 12.4 Å².